The SMILES string of the molecule is CC(C)(C)c1noc(NCc2ccsc2)n1. The molecular formula is C11H15N3OS. The maximum atomic E-state index is 5.12. The number of anilines is 1. The topological polar surface area (TPSA) is 51.0 Å². The number of hydrogen-bond donors (Lipinski definition) is 1. The average molecular weight is 237 g/mol. The Morgan fingerprint density at radius 2 is 2.25 bits per heavy atom. The molecule has 0 saturated heterocycles. The van der Waals surface area contributed by atoms with Crippen molar-refractivity contribution in [1.82, 2.24) is 10.1 Å². The molecule has 0 bridgehead atoms. The fourth-order valence-electron chi connectivity index (χ4n) is 1.17. The van der Waals surface area contributed by atoms with E-state index < -0.39 is 0 Å². The normalized spacial score (nSPS) is 11.7. The number of nitrogens with one attached hydrogen (secondary N) is 1. The Hall–Kier alpha value is -1.36. The molecule has 2 aromatic rings. The summed E-state index contributed by atoms with van der Waals surface area (Å²) in [4.78, 5) is 4.30. The average Bonchev–Trinajstić information content (AvgIpc) is 2.85. The lowest BCUT2D eigenvalue weighted by Crippen LogP contribution is -2.13. The highest BCUT2D eigenvalue weighted by Crippen LogP contribution is 2.20. The Morgan fingerprint density at radius 1 is 1.44 bits per heavy atom. The van der Waals surface area contributed by atoms with Gasteiger partial charge < -0.3 is 9.84 Å². The van der Waals surface area contributed by atoms with Crippen molar-refractivity contribution in [2.24, 2.45) is 0 Å². The first-order valence-electron chi connectivity index (χ1n) is 5.15. The maximum Gasteiger partial charge on any atom is 0.321 e. The summed E-state index contributed by atoms with van der Waals surface area (Å²) in [6.07, 6.45) is 0. The van der Waals surface area contributed by atoms with Gasteiger partial charge in [-0.05, 0) is 22.4 Å². The van der Waals surface area contributed by atoms with Gasteiger partial charge in [-0.15, -0.1) is 0 Å². The van der Waals surface area contributed by atoms with Gasteiger partial charge in [-0.1, -0.05) is 25.9 Å². The van der Waals surface area contributed by atoms with Crippen molar-refractivity contribution < 1.29 is 4.52 Å². The van der Waals surface area contributed by atoms with E-state index in [2.05, 4.69) is 47.7 Å². The van der Waals surface area contributed by atoms with Crippen LogP contribution in [-0.4, -0.2) is 10.1 Å². The van der Waals surface area contributed by atoms with E-state index in [1.54, 1.807) is 11.3 Å². The van der Waals surface area contributed by atoms with E-state index in [1.807, 2.05) is 5.38 Å². The molecule has 0 atom stereocenters. The molecule has 4 nitrogen and oxygen atoms in total. The lowest BCUT2D eigenvalue weighted by Gasteiger charge is -2.10. The lowest BCUT2D eigenvalue weighted by molar-refractivity contribution is 0.402. The largest absolute Gasteiger partial charge is 0.334 e. The molecule has 0 aliphatic carbocycles. The summed E-state index contributed by atoms with van der Waals surface area (Å²) in [6, 6.07) is 2.55. The number of thiophene rings is 1. The molecule has 2 heterocycles. The summed E-state index contributed by atoms with van der Waals surface area (Å²) >= 11 is 1.68. The number of rotatable bonds is 3. The quantitative estimate of drug-likeness (QED) is 0.891. The molecule has 86 valence electrons. The van der Waals surface area contributed by atoms with Crippen molar-refractivity contribution in [3.8, 4) is 0 Å². The molecular weight excluding hydrogens is 222 g/mol. The van der Waals surface area contributed by atoms with Gasteiger partial charge in [-0.2, -0.15) is 16.3 Å². The summed E-state index contributed by atoms with van der Waals surface area (Å²) in [7, 11) is 0. The second-order valence-corrected chi connectivity index (χ2v) is 5.44. The highest BCUT2D eigenvalue weighted by atomic mass is 32.1. The van der Waals surface area contributed by atoms with Gasteiger partial charge in [0.05, 0.1) is 0 Å². The third-order valence-corrected chi connectivity index (χ3v) is 2.85. The molecule has 0 aliphatic heterocycles. The first-order chi connectivity index (χ1) is 7.55. The van der Waals surface area contributed by atoms with Gasteiger partial charge in [0.1, 0.15) is 0 Å². The zero-order chi connectivity index (χ0) is 11.6. The van der Waals surface area contributed by atoms with Gasteiger partial charge in [0.15, 0.2) is 5.82 Å². The first kappa shape index (κ1) is 11.1. The first-order valence-corrected chi connectivity index (χ1v) is 6.09. The van der Waals surface area contributed by atoms with Crippen LogP contribution in [0.4, 0.5) is 6.01 Å². The summed E-state index contributed by atoms with van der Waals surface area (Å²) in [5.41, 5.74) is 1.15. The Kier molecular flexibility index (Phi) is 2.96. The van der Waals surface area contributed by atoms with Crippen molar-refractivity contribution in [1.29, 1.82) is 0 Å². The van der Waals surface area contributed by atoms with Gasteiger partial charge in [0.25, 0.3) is 0 Å². The predicted octanol–water partition coefficient (Wildman–Crippen LogP) is 3.04. The molecule has 16 heavy (non-hydrogen) atoms. The summed E-state index contributed by atoms with van der Waals surface area (Å²) in [6.45, 7) is 6.89. The van der Waals surface area contributed by atoms with Crippen LogP contribution >= 0.6 is 11.3 Å². The summed E-state index contributed by atoms with van der Waals surface area (Å²) in [5.74, 6) is 0.723. The number of hydrogen-bond acceptors (Lipinski definition) is 5. The Balaban J connectivity index is 1.98. The van der Waals surface area contributed by atoms with Crippen molar-refractivity contribution >= 4 is 17.4 Å². The Labute approximate surface area is 98.7 Å². The molecule has 0 unspecified atom stereocenters. The monoisotopic (exact) mass is 237 g/mol. The molecule has 0 amide bonds. The van der Waals surface area contributed by atoms with E-state index in [0.717, 1.165) is 12.4 Å². The molecule has 0 radical (unpaired) electrons. The number of aromatic nitrogens is 2. The van der Waals surface area contributed by atoms with Crippen LogP contribution in [0.5, 0.6) is 0 Å². The molecule has 0 spiro atoms. The van der Waals surface area contributed by atoms with E-state index in [1.165, 1.54) is 5.56 Å². The van der Waals surface area contributed by atoms with Crippen molar-refractivity contribution in [2.75, 3.05) is 5.32 Å². The fourth-order valence-corrected chi connectivity index (χ4v) is 1.84. The molecule has 0 aromatic carbocycles. The predicted molar refractivity (Wildman–Crippen MR) is 64.6 cm³/mol. The van der Waals surface area contributed by atoms with E-state index >= 15 is 0 Å². The van der Waals surface area contributed by atoms with Crippen LogP contribution in [0.25, 0.3) is 0 Å². The van der Waals surface area contributed by atoms with Crippen molar-refractivity contribution in [3.63, 3.8) is 0 Å². The maximum absolute atomic E-state index is 5.12. The molecule has 5 heteroatoms. The summed E-state index contributed by atoms with van der Waals surface area (Å²) in [5, 5.41) is 11.2. The number of nitrogens with zero attached hydrogens (tertiary/aromatic N) is 2. The Bertz CT molecular complexity index is 442. The van der Waals surface area contributed by atoms with Crippen LogP contribution in [0, 0.1) is 0 Å². The molecule has 0 fully saturated rings. The van der Waals surface area contributed by atoms with E-state index in [-0.39, 0.29) is 5.41 Å². The molecule has 0 saturated carbocycles. The smallest absolute Gasteiger partial charge is 0.321 e. The van der Waals surface area contributed by atoms with Crippen LogP contribution in [-0.2, 0) is 12.0 Å². The summed E-state index contributed by atoms with van der Waals surface area (Å²) < 4.78 is 5.12. The second kappa shape index (κ2) is 4.25. The van der Waals surface area contributed by atoms with Crippen LogP contribution in [0.1, 0.15) is 32.2 Å². The second-order valence-electron chi connectivity index (χ2n) is 4.66. The van der Waals surface area contributed by atoms with E-state index in [9.17, 15) is 0 Å². The van der Waals surface area contributed by atoms with Gasteiger partial charge in [0, 0.05) is 12.0 Å². The molecule has 1 N–H and O–H groups in total. The minimum Gasteiger partial charge on any atom is -0.334 e. The fraction of sp³-hybridized carbons (Fsp3) is 0.455. The van der Waals surface area contributed by atoms with Crippen LogP contribution in [0.15, 0.2) is 21.3 Å². The van der Waals surface area contributed by atoms with Crippen LogP contribution in [0.2, 0.25) is 0 Å². The van der Waals surface area contributed by atoms with Crippen LogP contribution < -0.4 is 5.32 Å². The van der Waals surface area contributed by atoms with Gasteiger partial charge in [-0.3, -0.25) is 0 Å². The lowest BCUT2D eigenvalue weighted by atomic mass is 9.96. The third-order valence-electron chi connectivity index (χ3n) is 2.12. The van der Waals surface area contributed by atoms with Crippen LogP contribution in [0.3, 0.4) is 0 Å². The highest BCUT2D eigenvalue weighted by Gasteiger charge is 2.20. The standard InChI is InChI=1S/C11H15N3OS/c1-11(2,3)9-13-10(15-14-9)12-6-8-4-5-16-7-8/h4-5,7H,6H2,1-3H3,(H,12,13,14). The molecule has 0 aliphatic rings. The zero-order valence-electron chi connectivity index (χ0n) is 9.65. The minimum atomic E-state index is -0.0776. The minimum absolute atomic E-state index is 0.0776. The molecule has 2 aromatic heterocycles. The van der Waals surface area contributed by atoms with Gasteiger partial charge in [-0.25, -0.2) is 0 Å². The van der Waals surface area contributed by atoms with E-state index in [4.69, 9.17) is 4.52 Å². The van der Waals surface area contributed by atoms with E-state index in [0.29, 0.717) is 6.01 Å². The van der Waals surface area contributed by atoms with Crippen molar-refractivity contribution in [2.45, 2.75) is 32.7 Å². The molecule has 2 rings (SSSR count). The van der Waals surface area contributed by atoms with Gasteiger partial charge >= 0.3 is 6.01 Å². The highest BCUT2D eigenvalue weighted by molar-refractivity contribution is 7.07. The zero-order valence-corrected chi connectivity index (χ0v) is 10.5. The van der Waals surface area contributed by atoms with Crippen molar-refractivity contribution in [3.05, 3.63) is 28.2 Å². The third kappa shape index (κ3) is 2.61. The Morgan fingerprint density at radius 3 is 2.81 bits per heavy atom. The van der Waals surface area contributed by atoms with Gasteiger partial charge in [0.2, 0.25) is 0 Å².